The third kappa shape index (κ3) is 3.83. The lowest BCUT2D eigenvalue weighted by Crippen LogP contribution is -2.27. The highest BCUT2D eigenvalue weighted by Crippen LogP contribution is 2.23. The number of halogens is 2. The molecule has 0 bridgehead atoms. The quantitative estimate of drug-likeness (QED) is 0.749. The van der Waals surface area contributed by atoms with Crippen molar-refractivity contribution in [3.05, 3.63) is 23.8 Å². The van der Waals surface area contributed by atoms with Crippen LogP contribution in [0.2, 0.25) is 0 Å². The summed E-state index contributed by atoms with van der Waals surface area (Å²) in [6.45, 7) is 0.721. The van der Waals surface area contributed by atoms with Crippen molar-refractivity contribution in [1.29, 1.82) is 0 Å². The maximum atomic E-state index is 13.1. The van der Waals surface area contributed by atoms with Crippen molar-refractivity contribution in [2.24, 2.45) is 0 Å². The van der Waals surface area contributed by atoms with Gasteiger partial charge in [-0.3, -0.25) is 0 Å². The van der Waals surface area contributed by atoms with E-state index in [-0.39, 0.29) is 17.5 Å². The van der Waals surface area contributed by atoms with Gasteiger partial charge >= 0.3 is 0 Å². The number of benzene rings is 1. The molecule has 6 heteroatoms. The molecule has 0 radical (unpaired) electrons. The number of hydrogen-bond acceptors (Lipinski definition) is 4. The number of ether oxygens (including phenoxy) is 2. The average Bonchev–Trinajstić information content (AvgIpc) is 2.30. The van der Waals surface area contributed by atoms with E-state index < -0.39 is 11.6 Å². The molecule has 0 aliphatic heterocycles. The van der Waals surface area contributed by atoms with Crippen LogP contribution in [-0.2, 0) is 9.47 Å². The molecular formula is C11H16F2N2O2. The summed E-state index contributed by atoms with van der Waals surface area (Å²) in [4.78, 5) is 0. The van der Waals surface area contributed by atoms with Crippen LogP contribution in [0.15, 0.2) is 12.1 Å². The summed E-state index contributed by atoms with van der Waals surface area (Å²) in [5.74, 6) is -1.46. The van der Waals surface area contributed by atoms with Crippen LogP contribution in [0.4, 0.5) is 20.2 Å². The largest absolute Gasteiger partial charge is 0.395 e. The molecule has 96 valence electrons. The molecular weight excluding hydrogens is 230 g/mol. The lowest BCUT2D eigenvalue weighted by Gasteiger charge is -2.17. The third-order valence-corrected chi connectivity index (χ3v) is 2.30. The monoisotopic (exact) mass is 246 g/mol. The summed E-state index contributed by atoms with van der Waals surface area (Å²) in [7, 11) is 3.07. The molecule has 17 heavy (non-hydrogen) atoms. The summed E-state index contributed by atoms with van der Waals surface area (Å²) in [6.07, 6.45) is -0.217. The second-order valence-corrected chi connectivity index (χ2v) is 3.54. The zero-order chi connectivity index (χ0) is 12.8. The molecule has 0 heterocycles. The minimum Gasteiger partial charge on any atom is -0.395 e. The van der Waals surface area contributed by atoms with Gasteiger partial charge in [0.25, 0.3) is 0 Å². The van der Waals surface area contributed by atoms with Gasteiger partial charge in [-0.25, -0.2) is 8.78 Å². The average molecular weight is 246 g/mol. The fourth-order valence-electron chi connectivity index (χ4n) is 1.35. The maximum Gasteiger partial charge on any atom is 0.151 e. The van der Waals surface area contributed by atoms with Gasteiger partial charge in [0.1, 0.15) is 5.82 Å². The number of nitrogen functional groups attached to an aromatic ring is 1. The van der Waals surface area contributed by atoms with Gasteiger partial charge in [0.2, 0.25) is 0 Å². The first-order valence-electron chi connectivity index (χ1n) is 5.08. The summed E-state index contributed by atoms with van der Waals surface area (Å²) < 4.78 is 36.1. The second kappa shape index (κ2) is 6.36. The lowest BCUT2D eigenvalue weighted by molar-refractivity contribution is 0.0365. The summed E-state index contributed by atoms with van der Waals surface area (Å²) in [6, 6.07) is 1.88. The summed E-state index contributed by atoms with van der Waals surface area (Å²) >= 11 is 0. The smallest absolute Gasteiger partial charge is 0.151 e. The van der Waals surface area contributed by atoms with Crippen molar-refractivity contribution in [2.75, 3.05) is 38.4 Å². The molecule has 1 aromatic rings. The van der Waals surface area contributed by atoms with Crippen molar-refractivity contribution in [1.82, 2.24) is 0 Å². The van der Waals surface area contributed by atoms with Crippen LogP contribution in [0.1, 0.15) is 0 Å². The van der Waals surface area contributed by atoms with Crippen molar-refractivity contribution in [2.45, 2.75) is 6.10 Å². The molecule has 4 nitrogen and oxygen atoms in total. The molecule has 1 aromatic carbocycles. The van der Waals surface area contributed by atoms with Crippen LogP contribution in [0.25, 0.3) is 0 Å². The zero-order valence-corrected chi connectivity index (χ0v) is 9.80. The predicted molar refractivity (Wildman–Crippen MR) is 61.9 cm³/mol. The van der Waals surface area contributed by atoms with Crippen molar-refractivity contribution < 1.29 is 18.3 Å². The van der Waals surface area contributed by atoms with Crippen LogP contribution in [0, 0.1) is 11.6 Å². The Hall–Kier alpha value is -1.40. The van der Waals surface area contributed by atoms with Crippen molar-refractivity contribution in [3.8, 4) is 0 Å². The molecule has 3 N–H and O–H groups in total. The maximum absolute atomic E-state index is 13.1. The van der Waals surface area contributed by atoms with Crippen LogP contribution >= 0.6 is 0 Å². The van der Waals surface area contributed by atoms with Crippen LogP contribution in [0.5, 0.6) is 0 Å². The van der Waals surface area contributed by atoms with Gasteiger partial charge in [0.05, 0.1) is 24.1 Å². The Morgan fingerprint density at radius 3 is 2.65 bits per heavy atom. The van der Waals surface area contributed by atoms with E-state index in [9.17, 15) is 8.78 Å². The first kappa shape index (κ1) is 13.7. The molecule has 0 saturated heterocycles. The van der Waals surface area contributed by atoms with Crippen molar-refractivity contribution >= 4 is 11.4 Å². The Labute approximate surface area is 98.7 Å². The fourth-order valence-corrected chi connectivity index (χ4v) is 1.35. The Balaban J connectivity index is 2.68. The molecule has 0 aliphatic rings. The number of nitrogens with two attached hydrogens (primary N) is 1. The van der Waals surface area contributed by atoms with Gasteiger partial charge < -0.3 is 20.5 Å². The van der Waals surface area contributed by atoms with E-state index in [0.717, 1.165) is 12.1 Å². The van der Waals surface area contributed by atoms with Gasteiger partial charge in [-0.05, 0) is 6.07 Å². The molecule has 0 fully saturated rings. The zero-order valence-electron chi connectivity index (χ0n) is 9.80. The van der Waals surface area contributed by atoms with E-state index in [1.807, 2.05) is 0 Å². The molecule has 0 aromatic heterocycles. The van der Waals surface area contributed by atoms with E-state index in [4.69, 9.17) is 15.2 Å². The highest BCUT2D eigenvalue weighted by Gasteiger charge is 2.11. The van der Waals surface area contributed by atoms with Crippen LogP contribution in [0.3, 0.4) is 0 Å². The van der Waals surface area contributed by atoms with E-state index in [1.165, 1.54) is 7.11 Å². The number of nitrogens with one attached hydrogen (secondary N) is 1. The molecule has 1 rings (SSSR count). The summed E-state index contributed by atoms with van der Waals surface area (Å²) in [5.41, 5.74) is 5.57. The van der Waals surface area contributed by atoms with E-state index in [0.29, 0.717) is 13.2 Å². The van der Waals surface area contributed by atoms with Crippen molar-refractivity contribution in [3.63, 3.8) is 0 Å². The first-order valence-corrected chi connectivity index (χ1v) is 5.08. The molecule has 0 spiro atoms. The highest BCUT2D eigenvalue weighted by atomic mass is 19.1. The third-order valence-electron chi connectivity index (χ3n) is 2.30. The molecule has 0 aliphatic carbocycles. The highest BCUT2D eigenvalue weighted by molar-refractivity contribution is 5.66. The molecule has 1 unspecified atom stereocenters. The van der Waals surface area contributed by atoms with E-state index >= 15 is 0 Å². The number of methoxy groups -OCH3 is 2. The first-order chi connectivity index (χ1) is 8.08. The van der Waals surface area contributed by atoms with Gasteiger partial charge in [-0.15, -0.1) is 0 Å². The normalized spacial score (nSPS) is 12.5. The second-order valence-electron chi connectivity index (χ2n) is 3.54. The van der Waals surface area contributed by atoms with Gasteiger partial charge in [0.15, 0.2) is 5.82 Å². The van der Waals surface area contributed by atoms with Gasteiger partial charge in [-0.2, -0.15) is 0 Å². The minimum absolute atomic E-state index is 0.112. The Bertz CT molecular complexity index is 375. The SMILES string of the molecule is COCC(CNc1cc(F)cc(F)c1N)OC. The minimum atomic E-state index is -0.784. The molecule has 0 amide bonds. The number of rotatable bonds is 6. The summed E-state index contributed by atoms with van der Waals surface area (Å²) in [5, 5.41) is 2.82. The fraction of sp³-hybridized carbons (Fsp3) is 0.455. The van der Waals surface area contributed by atoms with E-state index in [1.54, 1.807) is 7.11 Å². The Morgan fingerprint density at radius 1 is 1.35 bits per heavy atom. The topological polar surface area (TPSA) is 56.5 Å². The van der Waals surface area contributed by atoms with Gasteiger partial charge in [-0.1, -0.05) is 0 Å². The standard InChI is InChI=1S/C11H16F2N2O2/c1-16-6-8(17-2)5-15-10-4-7(12)3-9(13)11(10)14/h3-4,8,15H,5-6,14H2,1-2H3. The predicted octanol–water partition coefficient (Wildman–Crippen LogP) is 1.62. The molecule has 1 atom stereocenters. The Kier molecular flexibility index (Phi) is 5.11. The van der Waals surface area contributed by atoms with E-state index in [2.05, 4.69) is 5.32 Å². The number of hydrogen-bond donors (Lipinski definition) is 2. The van der Waals surface area contributed by atoms with Crippen LogP contribution in [-0.4, -0.2) is 33.5 Å². The number of anilines is 2. The van der Waals surface area contributed by atoms with Crippen LogP contribution < -0.4 is 11.1 Å². The van der Waals surface area contributed by atoms with Gasteiger partial charge in [0, 0.05) is 26.8 Å². The molecule has 0 saturated carbocycles. The lowest BCUT2D eigenvalue weighted by atomic mass is 10.2. The Morgan fingerprint density at radius 2 is 2.06 bits per heavy atom.